The van der Waals surface area contributed by atoms with Crippen LogP contribution in [-0.2, 0) is 14.3 Å². The molecule has 148 valence electrons. The lowest BCUT2D eigenvalue weighted by atomic mass is 10.0. The molecule has 8 heteroatoms. The number of nitrogens with two attached hydrogens (primary N) is 1. The van der Waals surface area contributed by atoms with Gasteiger partial charge in [0.15, 0.2) is 0 Å². The van der Waals surface area contributed by atoms with Gasteiger partial charge >= 0.3 is 5.97 Å². The molecule has 0 bridgehead atoms. The van der Waals surface area contributed by atoms with Crippen LogP contribution in [0.15, 0.2) is 16.6 Å². The molecule has 2 N–H and O–H groups in total. The maximum absolute atomic E-state index is 12.9. The Hall–Kier alpha value is -2.09. The highest BCUT2D eigenvalue weighted by Gasteiger charge is 2.42. The Morgan fingerprint density at radius 3 is 2.48 bits per heavy atom. The van der Waals surface area contributed by atoms with Gasteiger partial charge in [-0.15, -0.1) is 0 Å². The normalized spacial score (nSPS) is 17.5. The van der Waals surface area contributed by atoms with Crippen LogP contribution in [0, 0.1) is 0 Å². The minimum Gasteiger partial charge on any atom is -0.495 e. The molecule has 1 aliphatic heterocycles. The molecule has 2 amide bonds. The minimum absolute atomic E-state index is 0.0153. The Balaban J connectivity index is 2.27. The monoisotopic (exact) mass is 440 g/mol. The fourth-order valence-corrected chi connectivity index (χ4v) is 3.82. The molecule has 1 aliphatic rings. The second-order valence-electron chi connectivity index (χ2n) is 7.47. The van der Waals surface area contributed by atoms with Gasteiger partial charge in [0, 0.05) is 17.5 Å². The van der Waals surface area contributed by atoms with Gasteiger partial charge in [0.1, 0.15) is 17.4 Å². The summed E-state index contributed by atoms with van der Waals surface area (Å²) in [6.07, 6.45) is 0.0797. The molecule has 0 aliphatic carbocycles. The third kappa shape index (κ3) is 4.43. The number of esters is 1. The number of hydrogen-bond acceptors (Lipinski definition) is 5. The van der Waals surface area contributed by atoms with E-state index in [9.17, 15) is 14.4 Å². The number of hydrogen-bond donors (Lipinski definition) is 1. The van der Waals surface area contributed by atoms with Crippen LogP contribution in [-0.4, -0.2) is 41.4 Å². The molecule has 1 aromatic carbocycles. The number of rotatable bonds is 6. The summed E-state index contributed by atoms with van der Waals surface area (Å²) in [7, 11) is 1.52. The first-order valence-corrected chi connectivity index (χ1v) is 9.47. The first kappa shape index (κ1) is 21.2. The summed E-state index contributed by atoms with van der Waals surface area (Å²) in [4.78, 5) is 38.5. The number of amides is 2. The van der Waals surface area contributed by atoms with E-state index in [-0.39, 0.29) is 18.7 Å². The number of primary amides is 1. The van der Waals surface area contributed by atoms with Crippen molar-refractivity contribution in [1.29, 1.82) is 0 Å². The first-order valence-electron chi connectivity index (χ1n) is 8.68. The van der Waals surface area contributed by atoms with E-state index in [4.69, 9.17) is 15.2 Å². The highest BCUT2D eigenvalue weighted by molar-refractivity contribution is 9.10. The van der Waals surface area contributed by atoms with Crippen LogP contribution in [0.5, 0.6) is 5.75 Å². The van der Waals surface area contributed by atoms with Crippen LogP contribution in [0.1, 0.15) is 62.5 Å². The summed E-state index contributed by atoms with van der Waals surface area (Å²) < 4.78 is 11.4. The van der Waals surface area contributed by atoms with Crippen molar-refractivity contribution in [3.05, 3.63) is 27.7 Å². The topological polar surface area (TPSA) is 98.9 Å². The number of ether oxygens (including phenoxy) is 2. The quantitative estimate of drug-likeness (QED) is 0.685. The van der Waals surface area contributed by atoms with Crippen molar-refractivity contribution in [2.75, 3.05) is 7.11 Å². The van der Waals surface area contributed by atoms with Gasteiger partial charge in [0.2, 0.25) is 5.91 Å². The number of halogens is 1. The zero-order valence-corrected chi connectivity index (χ0v) is 17.8. The predicted octanol–water partition coefficient (Wildman–Crippen LogP) is 2.95. The van der Waals surface area contributed by atoms with Crippen LogP contribution in [0.2, 0.25) is 0 Å². The lowest BCUT2D eigenvalue weighted by Crippen LogP contribution is -2.46. The number of fused-ring (bicyclic) bond motifs is 1. The second kappa shape index (κ2) is 7.88. The van der Waals surface area contributed by atoms with Crippen LogP contribution in [0.25, 0.3) is 0 Å². The van der Waals surface area contributed by atoms with Crippen molar-refractivity contribution in [2.24, 2.45) is 5.73 Å². The van der Waals surface area contributed by atoms with Gasteiger partial charge < -0.3 is 20.1 Å². The van der Waals surface area contributed by atoms with E-state index in [0.29, 0.717) is 16.9 Å². The molecule has 1 heterocycles. The highest BCUT2D eigenvalue weighted by Crippen LogP contribution is 2.44. The fourth-order valence-electron chi connectivity index (χ4n) is 3.31. The second-order valence-corrected chi connectivity index (χ2v) is 8.33. The Bertz CT molecular complexity index is 772. The number of methoxy groups -OCH3 is 1. The van der Waals surface area contributed by atoms with Crippen molar-refractivity contribution in [2.45, 2.75) is 58.2 Å². The van der Waals surface area contributed by atoms with Gasteiger partial charge in [-0.3, -0.25) is 14.4 Å². The molecule has 27 heavy (non-hydrogen) atoms. The smallest absolute Gasteiger partial charge is 0.306 e. The van der Waals surface area contributed by atoms with Crippen LogP contribution in [0.4, 0.5) is 0 Å². The van der Waals surface area contributed by atoms with Crippen molar-refractivity contribution >= 4 is 33.7 Å². The number of benzene rings is 1. The molecule has 0 saturated heterocycles. The average Bonchev–Trinajstić information content (AvgIpc) is 2.78. The molecule has 1 aromatic rings. The summed E-state index contributed by atoms with van der Waals surface area (Å²) in [6, 6.07) is 2.07. The minimum atomic E-state index is -0.920. The number of carbonyl (C=O) groups excluding carboxylic acids is 3. The fraction of sp³-hybridized carbons (Fsp3) is 0.526. The SMILES string of the molecule is COc1c(Br)ccc2c1[C@H](C)N([C@@H](CCC(=O)OC(C)(C)C)C(N)=O)C2=O. The molecule has 0 spiro atoms. The number of nitrogens with zero attached hydrogens (tertiary/aromatic N) is 1. The van der Waals surface area contributed by atoms with Gasteiger partial charge in [-0.25, -0.2) is 0 Å². The van der Waals surface area contributed by atoms with Crippen LogP contribution in [0.3, 0.4) is 0 Å². The highest BCUT2D eigenvalue weighted by atomic mass is 79.9. The van der Waals surface area contributed by atoms with Crippen molar-refractivity contribution in [1.82, 2.24) is 4.90 Å². The van der Waals surface area contributed by atoms with Crippen molar-refractivity contribution in [3.8, 4) is 5.75 Å². The molecular formula is C19H25BrN2O5. The maximum atomic E-state index is 12.9. The summed E-state index contributed by atoms with van der Waals surface area (Å²) in [5, 5.41) is 0. The summed E-state index contributed by atoms with van der Waals surface area (Å²) in [5.41, 5.74) is 6.10. The standard InChI is InChI=1S/C19H25BrN2O5/c1-10-15-11(6-7-12(20)16(15)26-5)18(25)22(10)13(17(21)24)8-9-14(23)27-19(2,3)4/h6-7,10,13H,8-9H2,1-5H3,(H2,21,24)/t10-,13-/m0/s1. The average molecular weight is 441 g/mol. The maximum Gasteiger partial charge on any atom is 0.306 e. The lowest BCUT2D eigenvalue weighted by Gasteiger charge is -2.30. The van der Waals surface area contributed by atoms with E-state index in [1.807, 2.05) is 6.92 Å². The molecule has 0 aromatic heterocycles. The molecule has 2 rings (SSSR count). The summed E-state index contributed by atoms with van der Waals surface area (Å²) in [6.45, 7) is 7.11. The zero-order chi connectivity index (χ0) is 20.5. The first-order chi connectivity index (χ1) is 12.5. The van der Waals surface area contributed by atoms with Gasteiger partial charge in [-0.2, -0.15) is 0 Å². The lowest BCUT2D eigenvalue weighted by molar-refractivity contribution is -0.155. The molecule has 0 radical (unpaired) electrons. The van der Waals surface area contributed by atoms with E-state index in [0.717, 1.165) is 4.47 Å². The molecule has 0 saturated carbocycles. The van der Waals surface area contributed by atoms with Crippen molar-refractivity contribution < 1.29 is 23.9 Å². The van der Waals surface area contributed by atoms with E-state index in [2.05, 4.69) is 15.9 Å². The van der Waals surface area contributed by atoms with Crippen molar-refractivity contribution in [3.63, 3.8) is 0 Å². The zero-order valence-electron chi connectivity index (χ0n) is 16.2. The Kier molecular flexibility index (Phi) is 6.19. The molecule has 2 atom stereocenters. The molecule has 7 nitrogen and oxygen atoms in total. The van der Waals surface area contributed by atoms with Crippen LogP contribution < -0.4 is 10.5 Å². The van der Waals surface area contributed by atoms with Crippen LogP contribution >= 0.6 is 15.9 Å². The van der Waals surface area contributed by atoms with E-state index >= 15 is 0 Å². The van der Waals surface area contributed by atoms with E-state index < -0.39 is 29.6 Å². The summed E-state index contributed by atoms with van der Waals surface area (Å²) in [5.74, 6) is -0.863. The van der Waals surface area contributed by atoms with Gasteiger partial charge in [-0.05, 0) is 62.2 Å². The molecule has 0 fully saturated rings. The number of carbonyl (C=O) groups is 3. The van der Waals surface area contributed by atoms with E-state index in [1.165, 1.54) is 12.0 Å². The van der Waals surface area contributed by atoms with Gasteiger partial charge in [-0.1, -0.05) is 0 Å². The molecular weight excluding hydrogens is 416 g/mol. The third-order valence-electron chi connectivity index (χ3n) is 4.36. The van der Waals surface area contributed by atoms with E-state index in [1.54, 1.807) is 32.9 Å². The van der Waals surface area contributed by atoms with Gasteiger partial charge in [0.25, 0.3) is 5.91 Å². The Labute approximate surface area is 167 Å². The molecule has 0 unspecified atom stereocenters. The Morgan fingerprint density at radius 2 is 1.96 bits per heavy atom. The predicted molar refractivity (Wildman–Crippen MR) is 103 cm³/mol. The Morgan fingerprint density at radius 1 is 1.33 bits per heavy atom. The van der Waals surface area contributed by atoms with Gasteiger partial charge in [0.05, 0.1) is 17.6 Å². The third-order valence-corrected chi connectivity index (χ3v) is 4.98. The summed E-state index contributed by atoms with van der Waals surface area (Å²) >= 11 is 3.41. The largest absolute Gasteiger partial charge is 0.495 e.